The molecule has 1 heterocycles. The summed E-state index contributed by atoms with van der Waals surface area (Å²) in [4.78, 5) is 25.3. The van der Waals surface area contributed by atoms with Gasteiger partial charge in [0.2, 0.25) is 0 Å². The first-order valence-electron chi connectivity index (χ1n) is 11.0. The Morgan fingerprint density at radius 3 is 2.28 bits per heavy atom. The number of nitrogens with zero attached hydrogens (tertiary/aromatic N) is 1. The minimum atomic E-state index is 0.231. The topological polar surface area (TPSA) is 50.5 Å². The fourth-order valence-corrected chi connectivity index (χ4v) is 3.87. The Labute approximate surface area is 203 Å². The highest BCUT2D eigenvalue weighted by Gasteiger charge is 2.07. The van der Waals surface area contributed by atoms with Crippen LogP contribution in [0.15, 0.2) is 65.1 Å². The normalized spacial score (nSPS) is 11.1. The molecule has 3 rings (SSSR count). The Kier molecular flexibility index (Phi) is 9.28. The Hall–Kier alpha value is -2.67. The van der Waals surface area contributed by atoms with Gasteiger partial charge in [0.05, 0.1) is 0 Å². The zero-order chi connectivity index (χ0) is 22.8. The van der Waals surface area contributed by atoms with Crippen molar-refractivity contribution >= 4 is 52.5 Å². The molecule has 3 aromatic rings. The summed E-state index contributed by atoms with van der Waals surface area (Å²) in [5, 5.41) is 0. The summed E-state index contributed by atoms with van der Waals surface area (Å²) in [6, 6.07) is 19.6. The van der Waals surface area contributed by atoms with E-state index in [4.69, 9.17) is 4.42 Å². The van der Waals surface area contributed by atoms with Gasteiger partial charge in [-0.05, 0) is 90.4 Å². The molecule has 0 aliphatic heterocycles. The molecule has 0 saturated heterocycles. The number of unbranched alkanes of at least 4 members (excludes halogenated alkanes) is 2. The molecule has 0 N–H and O–H groups in total. The van der Waals surface area contributed by atoms with E-state index >= 15 is 0 Å². The summed E-state index contributed by atoms with van der Waals surface area (Å²) >= 11 is 2.25. The van der Waals surface area contributed by atoms with E-state index < -0.39 is 0 Å². The van der Waals surface area contributed by atoms with Crippen LogP contribution in [0.25, 0.3) is 12.2 Å². The molecule has 0 aliphatic carbocycles. The number of carbonyl (C=O) groups excluding carboxylic acids is 2. The maximum atomic E-state index is 12.3. The number of benzene rings is 2. The fraction of sp³-hybridized carbons (Fsp3) is 0.259. The van der Waals surface area contributed by atoms with E-state index in [9.17, 15) is 9.59 Å². The van der Waals surface area contributed by atoms with Crippen molar-refractivity contribution in [2.45, 2.75) is 32.6 Å². The van der Waals surface area contributed by atoms with Gasteiger partial charge in [0.15, 0.2) is 17.8 Å². The molecular weight excluding hydrogens is 513 g/mol. The number of furan rings is 1. The molecule has 0 amide bonds. The van der Waals surface area contributed by atoms with Crippen LogP contribution >= 0.6 is 22.6 Å². The quantitative estimate of drug-likeness (QED) is 0.106. The molecule has 166 valence electrons. The van der Waals surface area contributed by atoms with Crippen LogP contribution in [0.3, 0.4) is 0 Å². The van der Waals surface area contributed by atoms with E-state index in [1.54, 1.807) is 12.1 Å². The van der Waals surface area contributed by atoms with Crippen molar-refractivity contribution in [3.8, 4) is 0 Å². The molecule has 0 saturated carbocycles. The van der Waals surface area contributed by atoms with Crippen molar-refractivity contribution in [1.82, 2.24) is 0 Å². The van der Waals surface area contributed by atoms with Crippen molar-refractivity contribution in [3.63, 3.8) is 0 Å². The van der Waals surface area contributed by atoms with Gasteiger partial charge in [0, 0.05) is 34.3 Å². The first-order valence-corrected chi connectivity index (χ1v) is 12.0. The summed E-state index contributed by atoms with van der Waals surface area (Å²) in [5.41, 5.74) is 3.08. The van der Waals surface area contributed by atoms with E-state index in [1.807, 2.05) is 36.4 Å². The molecule has 5 heteroatoms. The summed E-state index contributed by atoms with van der Waals surface area (Å²) in [6.45, 7) is 4.08. The Morgan fingerprint density at radius 1 is 0.906 bits per heavy atom. The highest BCUT2D eigenvalue weighted by atomic mass is 127. The smallest absolute Gasteiger partial charge is 0.185 e. The number of aldehydes is 1. The lowest BCUT2D eigenvalue weighted by molar-refractivity contribution is 0.0978. The van der Waals surface area contributed by atoms with Gasteiger partial charge in [-0.1, -0.05) is 36.8 Å². The van der Waals surface area contributed by atoms with Gasteiger partial charge in [-0.2, -0.15) is 0 Å². The first-order chi connectivity index (χ1) is 15.6. The third-order valence-electron chi connectivity index (χ3n) is 5.34. The fourth-order valence-electron chi connectivity index (χ4n) is 3.51. The van der Waals surface area contributed by atoms with Crippen LogP contribution in [0.4, 0.5) is 5.69 Å². The van der Waals surface area contributed by atoms with Gasteiger partial charge < -0.3 is 9.32 Å². The lowest BCUT2D eigenvalue weighted by Crippen LogP contribution is -2.23. The second-order valence-electron chi connectivity index (χ2n) is 7.60. The SMILES string of the molecule is CCN(CCCCCC(=O)c1ccc(I)cc1)c1ccc(C=Cc2ccc(C=O)o2)cc1. The monoisotopic (exact) mass is 541 g/mol. The number of carbonyl (C=O) groups is 2. The Bertz CT molecular complexity index is 1040. The average molecular weight is 541 g/mol. The average Bonchev–Trinajstić information content (AvgIpc) is 3.29. The second kappa shape index (κ2) is 12.4. The van der Waals surface area contributed by atoms with Gasteiger partial charge in [0.1, 0.15) is 5.76 Å². The second-order valence-corrected chi connectivity index (χ2v) is 8.85. The number of hydrogen-bond acceptors (Lipinski definition) is 4. The van der Waals surface area contributed by atoms with E-state index in [2.05, 4.69) is 58.7 Å². The van der Waals surface area contributed by atoms with Gasteiger partial charge >= 0.3 is 0 Å². The molecule has 0 unspecified atom stereocenters. The van der Waals surface area contributed by atoms with Crippen LogP contribution in [0.2, 0.25) is 0 Å². The summed E-state index contributed by atoms with van der Waals surface area (Å²) in [7, 11) is 0. The maximum Gasteiger partial charge on any atom is 0.185 e. The summed E-state index contributed by atoms with van der Waals surface area (Å²) < 4.78 is 6.50. The van der Waals surface area contributed by atoms with Gasteiger partial charge in [-0.25, -0.2) is 0 Å². The minimum absolute atomic E-state index is 0.231. The molecule has 2 aromatic carbocycles. The number of rotatable bonds is 12. The lowest BCUT2D eigenvalue weighted by Gasteiger charge is -2.23. The molecule has 0 bridgehead atoms. The van der Waals surface area contributed by atoms with Crippen LogP contribution < -0.4 is 4.90 Å². The van der Waals surface area contributed by atoms with Crippen molar-refractivity contribution in [2.75, 3.05) is 18.0 Å². The predicted octanol–water partition coefficient (Wildman–Crippen LogP) is 7.14. The molecule has 0 spiro atoms. The van der Waals surface area contributed by atoms with Gasteiger partial charge in [0.25, 0.3) is 0 Å². The van der Waals surface area contributed by atoms with E-state index in [1.165, 1.54) is 5.69 Å². The van der Waals surface area contributed by atoms with Crippen molar-refractivity contribution < 1.29 is 14.0 Å². The third-order valence-corrected chi connectivity index (χ3v) is 6.06. The number of Topliss-reactive ketones (excluding diaryl/α,β-unsaturated/α-hetero) is 1. The van der Waals surface area contributed by atoms with Crippen LogP contribution in [0, 0.1) is 3.57 Å². The summed E-state index contributed by atoms with van der Waals surface area (Å²) in [6.07, 6.45) is 8.16. The molecule has 0 atom stereocenters. The van der Waals surface area contributed by atoms with E-state index in [0.717, 1.165) is 47.0 Å². The molecule has 1 aromatic heterocycles. The largest absolute Gasteiger partial charge is 0.454 e. The lowest BCUT2D eigenvalue weighted by atomic mass is 10.0. The minimum Gasteiger partial charge on any atom is -0.454 e. The molecule has 0 aliphatic rings. The zero-order valence-corrected chi connectivity index (χ0v) is 20.5. The molecular formula is C27H28INO3. The van der Waals surface area contributed by atoms with E-state index in [0.29, 0.717) is 24.2 Å². The van der Waals surface area contributed by atoms with Crippen LogP contribution in [-0.2, 0) is 0 Å². The predicted molar refractivity (Wildman–Crippen MR) is 139 cm³/mol. The van der Waals surface area contributed by atoms with E-state index in [-0.39, 0.29) is 5.78 Å². The number of ketones is 1. The number of halogens is 1. The van der Waals surface area contributed by atoms with Crippen LogP contribution in [-0.4, -0.2) is 25.2 Å². The number of anilines is 1. The molecule has 32 heavy (non-hydrogen) atoms. The van der Waals surface area contributed by atoms with Crippen LogP contribution in [0.1, 0.15) is 64.8 Å². The standard InChI is InChI=1S/C27H28INO3/c1-2-29(19-5-3-4-6-27(31)22-10-12-23(28)13-11-22)24-14-7-21(8-15-24)9-16-25-17-18-26(20-30)32-25/h7-18,20H,2-6,19H2,1H3. The van der Waals surface area contributed by atoms with Crippen molar-refractivity contribution in [2.24, 2.45) is 0 Å². The first kappa shape index (κ1) is 24.0. The Morgan fingerprint density at radius 2 is 1.62 bits per heavy atom. The number of hydrogen-bond donors (Lipinski definition) is 0. The molecule has 0 radical (unpaired) electrons. The summed E-state index contributed by atoms with van der Waals surface area (Å²) in [5.74, 6) is 1.22. The van der Waals surface area contributed by atoms with Crippen molar-refractivity contribution in [3.05, 3.63) is 86.9 Å². The maximum absolute atomic E-state index is 12.3. The highest BCUT2D eigenvalue weighted by molar-refractivity contribution is 14.1. The van der Waals surface area contributed by atoms with Crippen LogP contribution in [0.5, 0.6) is 0 Å². The van der Waals surface area contributed by atoms with Gasteiger partial charge in [-0.3, -0.25) is 9.59 Å². The van der Waals surface area contributed by atoms with Crippen molar-refractivity contribution in [1.29, 1.82) is 0 Å². The third kappa shape index (κ3) is 7.19. The van der Waals surface area contributed by atoms with Gasteiger partial charge in [-0.15, -0.1) is 0 Å². The molecule has 4 nitrogen and oxygen atoms in total. The Balaban J connectivity index is 1.43. The molecule has 0 fully saturated rings. The zero-order valence-electron chi connectivity index (χ0n) is 18.3. The highest BCUT2D eigenvalue weighted by Crippen LogP contribution is 2.19.